The monoisotopic (exact) mass is 244 g/mol. The standard InChI is InChI=1S/C16H20S/c1-11-5-7-15(9-13(11)3)17-16-8-6-12(2)14(4)10-16/h5-11,13H,1-4H3. The maximum absolute atomic E-state index is 2.38. The number of allylic oxidation sites excluding steroid dienone is 3. The van der Waals surface area contributed by atoms with Gasteiger partial charge in [0.2, 0.25) is 0 Å². The summed E-state index contributed by atoms with van der Waals surface area (Å²) in [7, 11) is 0. The van der Waals surface area contributed by atoms with E-state index in [1.54, 1.807) is 0 Å². The molecule has 0 amide bonds. The molecule has 0 fully saturated rings. The van der Waals surface area contributed by atoms with E-state index in [1.807, 2.05) is 11.8 Å². The molecule has 1 aromatic rings. The van der Waals surface area contributed by atoms with Crippen LogP contribution in [0.1, 0.15) is 25.0 Å². The Morgan fingerprint density at radius 1 is 1.00 bits per heavy atom. The lowest BCUT2D eigenvalue weighted by atomic mass is 9.92. The number of hydrogen-bond acceptors (Lipinski definition) is 1. The third kappa shape index (κ3) is 3.04. The molecule has 0 N–H and O–H groups in total. The van der Waals surface area contributed by atoms with Gasteiger partial charge >= 0.3 is 0 Å². The molecule has 0 radical (unpaired) electrons. The summed E-state index contributed by atoms with van der Waals surface area (Å²) in [6, 6.07) is 6.69. The molecule has 0 saturated carbocycles. The van der Waals surface area contributed by atoms with Crippen LogP contribution in [0, 0.1) is 25.7 Å². The fraction of sp³-hybridized carbons (Fsp3) is 0.375. The molecule has 0 bridgehead atoms. The normalized spacial score (nSPS) is 23.6. The van der Waals surface area contributed by atoms with Crippen LogP contribution in [0.2, 0.25) is 0 Å². The molecule has 0 saturated heterocycles. The Hall–Kier alpha value is -0.950. The van der Waals surface area contributed by atoms with Crippen molar-refractivity contribution >= 4 is 11.8 Å². The Morgan fingerprint density at radius 2 is 1.76 bits per heavy atom. The van der Waals surface area contributed by atoms with E-state index in [2.05, 4.69) is 64.1 Å². The summed E-state index contributed by atoms with van der Waals surface area (Å²) in [6.45, 7) is 8.90. The van der Waals surface area contributed by atoms with Crippen molar-refractivity contribution in [3.63, 3.8) is 0 Å². The highest BCUT2D eigenvalue weighted by atomic mass is 32.2. The molecule has 2 atom stereocenters. The number of rotatable bonds is 2. The summed E-state index contributed by atoms with van der Waals surface area (Å²) >= 11 is 1.87. The SMILES string of the molecule is Cc1ccc(SC2=CC(C)C(C)C=C2)cc1C. The summed E-state index contributed by atoms with van der Waals surface area (Å²) in [5, 5.41) is 0. The van der Waals surface area contributed by atoms with Gasteiger partial charge < -0.3 is 0 Å². The van der Waals surface area contributed by atoms with Crippen LogP contribution in [0.3, 0.4) is 0 Å². The molecule has 90 valence electrons. The van der Waals surface area contributed by atoms with E-state index < -0.39 is 0 Å². The zero-order valence-corrected chi connectivity index (χ0v) is 11.8. The topological polar surface area (TPSA) is 0 Å². The maximum atomic E-state index is 2.38. The van der Waals surface area contributed by atoms with Gasteiger partial charge in [0, 0.05) is 9.80 Å². The van der Waals surface area contributed by atoms with Crippen LogP contribution in [0.25, 0.3) is 0 Å². The van der Waals surface area contributed by atoms with Crippen molar-refractivity contribution < 1.29 is 0 Å². The Morgan fingerprint density at radius 3 is 2.41 bits per heavy atom. The van der Waals surface area contributed by atoms with E-state index in [1.165, 1.54) is 20.9 Å². The first-order valence-corrected chi connectivity index (χ1v) is 7.03. The lowest BCUT2D eigenvalue weighted by Crippen LogP contribution is -2.05. The van der Waals surface area contributed by atoms with E-state index in [0.29, 0.717) is 11.8 Å². The van der Waals surface area contributed by atoms with Gasteiger partial charge in [-0.1, -0.05) is 49.9 Å². The number of aryl methyl sites for hydroxylation is 2. The molecule has 0 aromatic heterocycles. The zero-order valence-electron chi connectivity index (χ0n) is 11.0. The summed E-state index contributed by atoms with van der Waals surface area (Å²) in [5.74, 6) is 1.31. The highest BCUT2D eigenvalue weighted by Crippen LogP contribution is 2.34. The van der Waals surface area contributed by atoms with E-state index in [4.69, 9.17) is 0 Å². The van der Waals surface area contributed by atoms with E-state index in [0.717, 1.165) is 0 Å². The second-order valence-corrected chi connectivity index (χ2v) is 6.14. The van der Waals surface area contributed by atoms with E-state index in [9.17, 15) is 0 Å². The smallest absolute Gasteiger partial charge is 0.0125 e. The fourth-order valence-corrected chi connectivity index (χ4v) is 2.94. The fourth-order valence-electron chi connectivity index (χ4n) is 1.87. The Labute approximate surface area is 109 Å². The number of thioether (sulfide) groups is 1. The van der Waals surface area contributed by atoms with Crippen molar-refractivity contribution in [3.05, 3.63) is 52.5 Å². The largest absolute Gasteiger partial charge is 0.0904 e. The Balaban J connectivity index is 2.14. The molecule has 1 heteroatoms. The van der Waals surface area contributed by atoms with E-state index in [-0.39, 0.29) is 0 Å². The number of hydrogen-bond donors (Lipinski definition) is 0. The lowest BCUT2D eigenvalue weighted by Gasteiger charge is -2.18. The van der Waals surface area contributed by atoms with Crippen molar-refractivity contribution in [3.8, 4) is 0 Å². The van der Waals surface area contributed by atoms with Gasteiger partial charge in [0.05, 0.1) is 0 Å². The molecule has 0 nitrogen and oxygen atoms in total. The first-order valence-electron chi connectivity index (χ1n) is 6.21. The van der Waals surface area contributed by atoms with Crippen LogP contribution in [0.4, 0.5) is 0 Å². The molecular weight excluding hydrogens is 224 g/mol. The first kappa shape index (κ1) is 12.5. The molecule has 0 aliphatic heterocycles. The van der Waals surface area contributed by atoms with Gasteiger partial charge in [-0.05, 0) is 48.9 Å². The molecule has 17 heavy (non-hydrogen) atoms. The minimum atomic E-state index is 0.647. The molecule has 0 spiro atoms. The number of benzene rings is 1. The summed E-state index contributed by atoms with van der Waals surface area (Å²) in [4.78, 5) is 2.71. The first-order chi connectivity index (χ1) is 8.06. The van der Waals surface area contributed by atoms with Crippen molar-refractivity contribution in [1.29, 1.82) is 0 Å². The minimum absolute atomic E-state index is 0.647. The zero-order chi connectivity index (χ0) is 12.4. The summed E-state index contributed by atoms with van der Waals surface area (Å²) in [5.41, 5.74) is 2.74. The van der Waals surface area contributed by atoms with Crippen molar-refractivity contribution in [2.45, 2.75) is 32.6 Å². The minimum Gasteiger partial charge on any atom is -0.0904 e. The average Bonchev–Trinajstić information content (AvgIpc) is 2.29. The van der Waals surface area contributed by atoms with Crippen LogP contribution >= 0.6 is 11.8 Å². The Kier molecular flexibility index (Phi) is 3.78. The third-order valence-corrected chi connectivity index (χ3v) is 4.53. The van der Waals surface area contributed by atoms with Gasteiger partial charge in [0.15, 0.2) is 0 Å². The van der Waals surface area contributed by atoms with Crippen LogP contribution in [0.5, 0.6) is 0 Å². The van der Waals surface area contributed by atoms with Crippen LogP contribution in [-0.4, -0.2) is 0 Å². The van der Waals surface area contributed by atoms with Gasteiger partial charge in [0.25, 0.3) is 0 Å². The molecular formula is C16H20S. The second-order valence-electron chi connectivity index (χ2n) is 4.99. The van der Waals surface area contributed by atoms with Crippen LogP contribution in [0.15, 0.2) is 46.2 Å². The molecule has 1 aliphatic carbocycles. The molecule has 1 aromatic carbocycles. The highest BCUT2D eigenvalue weighted by Gasteiger charge is 2.12. The molecule has 2 unspecified atom stereocenters. The maximum Gasteiger partial charge on any atom is 0.0125 e. The third-order valence-electron chi connectivity index (χ3n) is 3.53. The predicted molar refractivity (Wildman–Crippen MR) is 77.3 cm³/mol. The Bertz CT molecular complexity index is 468. The lowest BCUT2D eigenvalue weighted by molar-refractivity contribution is 0.551. The van der Waals surface area contributed by atoms with Crippen molar-refractivity contribution in [1.82, 2.24) is 0 Å². The van der Waals surface area contributed by atoms with Crippen molar-refractivity contribution in [2.75, 3.05) is 0 Å². The van der Waals surface area contributed by atoms with Gasteiger partial charge in [-0.15, -0.1) is 0 Å². The van der Waals surface area contributed by atoms with Crippen LogP contribution < -0.4 is 0 Å². The second kappa shape index (κ2) is 5.14. The highest BCUT2D eigenvalue weighted by molar-refractivity contribution is 8.03. The average molecular weight is 244 g/mol. The van der Waals surface area contributed by atoms with E-state index >= 15 is 0 Å². The van der Waals surface area contributed by atoms with Crippen molar-refractivity contribution in [2.24, 2.45) is 11.8 Å². The van der Waals surface area contributed by atoms with Gasteiger partial charge in [-0.25, -0.2) is 0 Å². The molecule has 0 heterocycles. The predicted octanol–water partition coefficient (Wildman–Crippen LogP) is 5.12. The summed E-state index contributed by atoms with van der Waals surface area (Å²) in [6.07, 6.45) is 6.95. The van der Waals surface area contributed by atoms with Gasteiger partial charge in [0.1, 0.15) is 0 Å². The van der Waals surface area contributed by atoms with Gasteiger partial charge in [-0.3, -0.25) is 0 Å². The summed E-state index contributed by atoms with van der Waals surface area (Å²) < 4.78 is 0. The molecule has 2 rings (SSSR count). The van der Waals surface area contributed by atoms with Gasteiger partial charge in [-0.2, -0.15) is 0 Å². The quantitative estimate of drug-likeness (QED) is 0.695. The van der Waals surface area contributed by atoms with Crippen LogP contribution in [-0.2, 0) is 0 Å². The molecule has 1 aliphatic rings.